The van der Waals surface area contributed by atoms with Gasteiger partial charge in [0, 0.05) is 26.2 Å². The number of hydrogen-bond donors (Lipinski definition) is 0. The monoisotopic (exact) mass is 312 g/mol. The summed E-state index contributed by atoms with van der Waals surface area (Å²) in [5.74, 6) is 0.137. The van der Waals surface area contributed by atoms with Gasteiger partial charge in [-0.2, -0.15) is 0 Å². The van der Waals surface area contributed by atoms with Crippen molar-refractivity contribution >= 4 is 17.9 Å². The number of amides is 2. The molecule has 0 bridgehead atoms. The summed E-state index contributed by atoms with van der Waals surface area (Å²) in [6.07, 6.45) is 8.71. The van der Waals surface area contributed by atoms with Crippen molar-refractivity contribution in [1.29, 1.82) is 0 Å². The summed E-state index contributed by atoms with van der Waals surface area (Å²) in [6.45, 7) is 3.26. The summed E-state index contributed by atoms with van der Waals surface area (Å²) in [4.78, 5) is 28.4. The molecule has 1 aromatic carbocycles. The second-order valence-electron chi connectivity index (χ2n) is 6.39. The average Bonchev–Trinajstić information content (AvgIpc) is 2.84. The molecule has 23 heavy (non-hydrogen) atoms. The average molecular weight is 312 g/mol. The van der Waals surface area contributed by atoms with E-state index in [2.05, 4.69) is 0 Å². The normalized spacial score (nSPS) is 20.8. The van der Waals surface area contributed by atoms with Crippen molar-refractivity contribution in [2.45, 2.75) is 45.1 Å². The number of benzene rings is 1. The summed E-state index contributed by atoms with van der Waals surface area (Å²) < 4.78 is 0. The van der Waals surface area contributed by atoms with Gasteiger partial charge in [0.1, 0.15) is 0 Å². The van der Waals surface area contributed by atoms with E-state index in [0.717, 1.165) is 37.1 Å². The molecule has 0 saturated carbocycles. The minimum absolute atomic E-state index is 0.0237. The van der Waals surface area contributed by atoms with E-state index in [9.17, 15) is 9.59 Å². The maximum atomic E-state index is 12.8. The van der Waals surface area contributed by atoms with Gasteiger partial charge in [-0.15, -0.1) is 0 Å². The van der Waals surface area contributed by atoms with E-state index < -0.39 is 0 Å². The zero-order valence-electron chi connectivity index (χ0n) is 13.7. The van der Waals surface area contributed by atoms with Crippen LogP contribution in [0.25, 0.3) is 6.08 Å². The fourth-order valence-corrected chi connectivity index (χ4v) is 3.53. The Bertz CT molecular complexity index is 616. The first-order valence-corrected chi connectivity index (χ1v) is 8.50. The third kappa shape index (κ3) is 3.46. The van der Waals surface area contributed by atoms with Gasteiger partial charge in [-0.3, -0.25) is 9.59 Å². The molecule has 0 N–H and O–H groups in total. The largest absolute Gasteiger partial charge is 0.343 e. The van der Waals surface area contributed by atoms with Crippen molar-refractivity contribution in [1.82, 2.24) is 9.80 Å². The second-order valence-corrected chi connectivity index (χ2v) is 6.39. The van der Waals surface area contributed by atoms with E-state index in [1.54, 1.807) is 11.8 Å². The summed E-state index contributed by atoms with van der Waals surface area (Å²) >= 11 is 0. The first-order valence-electron chi connectivity index (χ1n) is 8.50. The number of hydrogen-bond acceptors (Lipinski definition) is 2. The molecule has 1 aromatic rings. The van der Waals surface area contributed by atoms with E-state index in [4.69, 9.17) is 0 Å². The van der Waals surface area contributed by atoms with Gasteiger partial charge in [0.05, 0.1) is 12.5 Å². The fourth-order valence-electron chi connectivity index (χ4n) is 3.53. The molecule has 1 fully saturated rings. The Hall–Kier alpha value is -2.10. The van der Waals surface area contributed by atoms with Crippen LogP contribution < -0.4 is 0 Å². The second kappa shape index (κ2) is 6.99. The smallest absolute Gasteiger partial charge is 0.225 e. The summed E-state index contributed by atoms with van der Waals surface area (Å²) in [5.41, 5.74) is 2.16. The van der Waals surface area contributed by atoms with E-state index >= 15 is 0 Å². The first-order chi connectivity index (χ1) is 11.2. The fraction of sp³-hybridized carbons (Fsp3) is 0.474. The van der Waals surface area contributed by atoms with Crippen LogP contribution in [0.5, 0.6) is 0 Å². The van der Waals surface area contributed by atoms with Gasteiger partial charge in [-0.25, -0.2) is 0 Å². The lowest BCUT2D eigenvalue weighted by Crippen LogP contribution is -2.37. The molecule has 2 aliphatic rings. The van der Waals surface area contributed by atoms with Crippen LogP contribution in [0.4, 0.5) is 0 Å². The highest BCUT2D eigenvalue weighted by Gasteiger charge is 2.29. The number of likely N-dealkylation sites (tertiary alicyclic amines) is 1. The number of carbonyl (C=O) groups is 2. The molecule has 0 aliphatic carbocycles. The number of rotatable bonds is 2. The van der Waals surface area contributed by atoms with Crippen molar-refractivity contribution < 1.29 is 9.59 Å². The van der Waals surface area contributed by atoms with Gasteiger partial charge in [-0.1, -0.05) is 37.1 Å². The third-order valence-electron chi connectivity index (χ3n) is 4.80. The molecule has 122 valence electrons. The Morgan fingerprint density at radius 2 is 1.78 bits per heavy atom. The Morgan fingerprint density at radius 1 is 1.09 bits per heavy atom. The molecule has 2 aliphatic heterocycles. The molecular weight excluding hydrogens is 288 g/mol. The Labute approximate surface area is 137 Å². The van der Waals surface area contributed by atoms with Crippen molar-refractivity contribution in [3.05, 3.63) is 41.6 Å². The van der Waals surface area contributed by atoms with Gasteiger partial charge in [-0.05, 0) is 30.0 Å². The summed E-state index contributed by atoms with van der Waals surface area (Å²) in [7, 11) is 0. The Balaban J connectivity index is 1.81. The van der Waals surface area contributed by atoms with Gasteiger partial charge < -0.3 is 9.80 Å². The first kappa shape index (κ1) is 15.8. The quantitative estimate of drug-likeness (QED) is 0.840. The molecule has 4 nitrogen and oxygen atoms in total. The third-order valence-corrected chi connectivity index (χ3v) is 4.80. The predicted octanol–water partition coefficient (Wildman–Crippen LogP) is 3.35. The minimum Gasteiger partial charge on any atom is -0.343 e. The maximum absolute atomic E-state index is 12.8. The highest BCUT2D eigenvalue weighted by atomic mass is 16.2. The van der Waals surface area contributed by atoms with Gasteiger partial charge in [0.15, 0.2) is 0 Å². The van der Waals surface area contributed by atoms with Crippen LogP contribution in [-0.2, 0) is 9.59 Å². The zero-order chi connectivity index (χ0) is 16.2. The number of fused-ring (bicyclic) bond motifs is 1. The lowest BCUT2D eigenvalue weighted by Gasteiger charge is -2.33. The molecule has 4 heteroatoms. The zero-order valence-corrected chi connectivity index (χ0v) is 13.7. The molecule has 0 radical (unpaired) electrons. The Morgan fingerprint density at radius 3 is 2.48 bits per heavy atom. The molecule has 0 unspecified atom stereocenters. The molecular formula is C19H24N2O2. The van der Waals surface area contributed by atoms with Crippen LogP contribution in [-0.4, -0.2) is 34.7 Å². The molecule has 0 spiro atoms. The predicted molar refractivity (Wildman–Crippen MR) is 90.4 cm³/mol. The Kier molecular flexibility index (Phi) is 4.79. The highest BCUT2D eigenvalue weighted by Crippen LogP contribution is 2.33. The van der Waals surface area contributed by atoms with Gasteiger partial charge >= 0.3 is 0 Å². The van der Waals surface area contributed by atoms with E-state index in [0.29, 0.717) is 6.42 Å². The van der Waals surface area contributed by atoms with Crippen LogP contribution in [0.15, 0.2) is 30.5 Å². The number of carbonyl (C=O) groups excluding carboxylic acids is 2. The van der Waals surface area contributed by atoms with Crippen LogP contribution in [0.3, 0.4) is 0 Å². The number of nitrogens with zero attached hydrogens (tertiary/aromatic N) is 2. The van der Waals surface area contributed by atoms with Crippen LogP contribution in [0.2, 0.25) is 0 Å². The summed E-state index contributed by atoms with van der Waals surface area (Å²) in [6, 6.07) is 7.83. The summed E-state index contributed by atoms with van der Waals surface area (Å²) in [5, 5.41) is 0. The molecule has 2 amide bonds. The molecule has 0 aromatic heterocycles. The SMILES string of the molecule is CC(=O)N1C=Cc2ccccc2[C@H]1CC(=O)N1CCCCCC1. The van der Waals surface area contributed by atoms with Crippen LogP contribution in [0.1, 0.15) is 56.2 Å². The molecule has 3 rings (SSSR count). The highest BCUT2D eigenvalue weighted by molar-refractivity contribution is 5.82. The van der Waals surface area contributed by atoms with Crippen molar-refractivity contribution in [3.63, 3.8) is 0 Å². The van der Waals surface area contributed by atoms with E-state index in [1.165, 1.54) is 12.8 Å². The van der Waals surface area contributed by atoms with Crippen molar-refractivity contribution in [3.8, 4) is 0 Å². The van der Waals surface area contributed by atoms with E-state index in [-0.39, 0.29) is 17.9 Å². The molecule has 1 saturated heterocycles. The lowest BCUT2D eigenvalue weighted by atomic mass is 9.93. The topological polar surface area (TPSA) is 40.6 Å². The van der Waals surface area contributed by atoms with Crippen molar-refractivity contribution in [2.24, 2.45) is 0 Å². The van der Waals surface area contributed by atoms with Crippen molar-refractivity contribution in [2.75, 3.05) is 13.1 Å². The molecule has 2 heterocycles. The van der Waals surface area contributed by atoms with E-state index in [1.807, 2.05) is 41.4 Å². The van der Waals surface area contributed by atoms with Gasteiger partial charge in [0.2, 0.25) is 11.8 Å². The van der Waals surface area contributed by atoms with Crippen LogP contribution in [0, 0.1) is 0 Å². The van der Waals surface area contributed by atoms with Gasteiger partial charge in [0.25, 0.3) is 0 Å². The maximum Gasteiger partial charge on any atom is 0.225 e. The minimum atomic E-state index is -0.190. The standard InChI is InChI=1S/C19H24N2O2/c1-15(22)21-13-10-16-8-4-5-9-17(16)18(21)14-19(23)20-11-6-2-3-7-12-20/h4-5,8-10,13,18H,2-3,6-7,11-12,14H2,1H3/t18-/m1/s1. The van der Waals surface area contributed by atoms with Crippen LogP contribution >= 0.6 is 0 Å². The molecule has 1 atom stereocenters. The lowest BCUT2D eigenvalue weighted by molar-refractivity contribution is -0.134.